The zero-order valence-electron chi connectivity index (χ0n) is 22.3. The largest absolute Gasteiger partial charge is 0.103 e. The van der Waals surface area contributed by atoms with E-state index < -0.39 is 0 Å². The van der Waals surface area contributed by atoms with Crippen LogP contribution in [0.2, 0.25) is 0 Å². The first-order chi connectivity index (χ1) is 14.8. The van der Waals surface area contributed by atoms with Gasteiger partial charge in [0.05, 0.1) is 0 Å². The predicted molar refractivity (Wildman–Crippen MR) is 145 cm³/mol. The van der Waals surface area contributed by atoms with Crippen LogP contribution in [0, 0.1) is 5.92 Å². The second-order valence-electron chi connectivity index (χ2n) is 8.67. The number of unbranched alkanes of at least 4 members (excludes halogenated alkanes) is 15. The Hall–Kier alpha value is -0.520. The maximum Gasteiger partial charge on any atom is -0.0353 e. The standard InChI is InChI=1S/C15H30.C10H20.C3H6.C2H6/c1-3-5-7-9-11-13-15-14-12-10-8-6-4-2;1-2-3-4-5-6-7-10-8-9-10;1-3-2;1-2/h3H,1,4-15H2,2H3;10H,2-9H2,1H3;3H,1H2,2H3;1-2H3. The van der Waals surface area contributed by atoms with E-state index in [1.165, 1.54) is 128 Å². The van der Waals surface area contributed by atoms with Crippen LogP contribution in [-0.2, 0) is 0 Å². The van der Waals surface area contributed by atoms with Gasteiger partial charge in [-0.3, -0.25) is 0 Å². The molecule has 1 fully saturated rings. The molecule has 1 aliphatic rings. The topological polar surface area (TPSA) is 0 Å². The van der Waals surface area contributed by atoms with Gasteiger partial charge in [-0.25, -0.2) is 0 Å². The van der Waals surface area contributed by atoms with E-state index in [1.807, 2.05) is 26.8 Å². The average molecular weight is 423 g/mol. The second-order valence-corrected chi connectivity index (χ2v) is 8.67. The van der Waals surface area contributed by atoms with Crippen molar-refractivity contribution in [2.75, 3.05) is 0 Å². The third-order valence-corrected chi connectivity index (χ3v) is 5.42. The van der Waals surface area contributed by atoms with Crippen LogP contribution in [-0.4, -0.2) is 0 Å². The number of allylic oxidation sites excluding steroid dienone is 2. The fraction of sp³-hybridized carbons (Fsp3) is 0.867. The van der Waals surface area contributed by atoms with Crippen molar-refractivity contribution in [3.63, 3.8) is 0 Å². The highest BCUT2D eigenvalue weighted by Gasteiger charge is 2.19. The van der Waals surface area contributed by atoms with Crippen molar-refractivity contribution in [3.8, 4) is 0 Å². The molecule has 182 valence electrons. The summed E-state index contributed by atoms with van der Waals surface area (Å²) in [6.45, 7) is 17.6. The van der Waals surface area contributed by atoms with Crippen molar-refractivity contribution in [2.45, 2.75) is 163 Å². The molecule has 1 rings (SSSR count). The van der Waals surface area contributed by atoms with E-state index >= 15 is 0 Å². The molecule has 0 spiro atoms. The molecule has 0 heteroatoms. The lowest BCUT2D eigenvalue weighted by Crippen LogP contribution is -1.81. The zero-order chi connectivity index (χ0) is 23.1. The molecule has 0 aromatic carbocycles. The minimum atomic E-state index is 1.15. The van der Waals surface area contributed by atoms with E-state index in [1.54, 1.807) is 6.08 Å². The van der Waals surface area contributed by atoms with Crippen molar-refractivity contribution in [1.29, 1.82) is 0 Å². The summed E-state index contributed by atoms with van der Waals surface area (Å²) in [4.78, 5) is 0. The Morgan fingerprint density at radius 1 is 0.600 bits per heavy atom. The predicted octanol–water partition coefficient (Wildman–Crippen LogP) is 11.8. The molecule has 0 radical (unpaired) electrons. The first-order valence-corrected chi connectivity index (χ1v) is 13.9. The molecule has 0 aromatic rings. The lowest BCUT2D eigenvalue weighted by atomic mass is 10.1. The van der Waals surface area contributed by atoms with Gasteiger partial charge in [-0.15, -0.1) is 13.2 Å². The average Bonchev–Trinajstić information content (AvgIpc) is 3.59. The van der Waals surface area contributed by atoms with Gasteiger partial charge in [0, 0.05) is 0 Å². The molecule has 0 nitrogen and oxygen atoms in total. The molecule has 0 bridgehead atoms. The third kappa shape index (κ3) is 41.8. The molecule has 0 saturated heterocycles. The van der Waals surface area contributed by atoms with Gasteiger partial charge in [0.2, 0.25) is 0 Å². The molecule has 0 unspecified atom stereocenters. The highest BCUT2D eigenvalue weighted by atomic mass is 14.2. The van der Waals surface area contributed by atoms with E-state index in [-0.39, 0.29) is 0 Å². The van der Waals surface area contributed by atoms with Crippen molar-refractivity contribution in [1.82, 2.24) is 0 Å². The minimum absolute atomic E-state index is 1.15. The lowest BCUT2D eigenvalue weighted by Gasteiger charge is -2.01. The Labute approximate surface area is 194 Å². The Morgan fingerprint density at radius 3 is 1.27 bits per heavy atom. The Kier molecular flexibility index (Phi) is 40.8. The second kappa shape index (κ2) is 35.9. The molecular weight excluding hydrogens is 360 g/mol. The SMILES string of the molecule is C=CC.C=CCCCCCCCCCCCCC.CC.CCCCCCCC1CC1. The number of hydrogen-bond donors (Lipinski definition) is 0. The lowest BCUT2D eigenvalue weighted by molar-refractivity contribution is 0.550. The molecule has 0 atom stereocenters. The molecule has 1 saturated carbocycles. The first-order valence-electron chi connectivity index (χ1n) is 13.9. The molecule has 0 N–H and O–H groups in total. The van der Waals surface area contributed by atoms with Crippen LogP contribution < -0.4 is 0 Å². The highest BCUT2D eigenvalue weighted by Crippen LogP contribution is 2.34. The van der Waals surface area contributed by atoms with Gasteiger partial charge in [0.1, 0.15) is 0 Å². The molecule has 1 aliphatic carbocycles. The summed E-state index contributed by atoms with van der Waals surface area (Å²) < 4.78 is 0. The van der Waals surface area contributed by atoms with E-state index in [0.717, 1.165) is 5.92 Å². The zero-order valence-corrected chi connectivity index (χ0v) is 22.3. The first kappa shape index (κ1) is 34.1. The van der Waals surface area contributed by atoms with Gasteiger partial charge in [0.25, 0.3) is 0 Å². The van der Waals surface area contributed by atoms with E-state index in [4.69, 9.17) is 0 Å². The molecule has 0 heterocycles. The van der Waals surface area contributed by atoms with Crippen LogP contribution in [0.4, 0.5) is 0 Å². The van der Waals surface area contributed by atoms with E-state index in [2.05, 4.69) is 27.0 Å². The fourth-order valence-corrected chi connectivity index (χ4v) is 3.40. The van der Waals surface area contributed by atoms with Crippen LogP contribution in [0.1, 0.15) is 163 Å². The van der Waals surface area contributed by atoms with Crippen LogP contribution >= 0.6 is 0 Å². The van der Waals surface area contributed by atoms with E-state index in [0.29, 0.717) is 0 Å². The van der Waals surface area contributed by atoms with Gasteiger partial charge in [0.15, 0.2) is 0 Å². The summed E-state index contributed by atoms with van der Waals surface area (Å²) in [5.41, 5.74) is 0. The molecule has 0 aromatic heterocycles. The summed E-state index contributed by atoms with van der Waals surface area (Å²) in [5, 5.41) is 0. The smallest absolute Gasteiger partial charge is 0.0353 e. The van der Waals surface area contributed by atoms with Crippen LogP contribution in [0.15, 0.2) is 25.3 Å². The normalized spacial score (nSPS) is 11.8. The van der Waals surface area contributed by atoms with Crippen molar-refractivity contribution >= 4 is 0 Å². The van der Waals surface area contributed by atoms with Crippen LogP contribution in [0.3, 0.4) is 0 Å². The number of hydrogen-bond acceptors (Lipinski definition) is 0. The van der Waals surface area contributed by atoms with Gasteiger partial charge in [-0.2, -0.15) is 0 Å². The van der Waals surface area contributed by atoms with E-state index in [9.17, 15) is 0 Å². The summed E-state index contributed by atoms with van der Waals surface area (Å²) >= 11 is 0. The summed E-state index contributed by atoms with van der Waals surface area (Å²) in [7, 11) is 0. The number of rotatable bonds is 18. The van der Waals surface area contributed by atoms with Crippen LogP contribution in [0.5, 0.6) is 0 Å². The van der Waals surface area contributed by atoms with Gasteiger partial charge in [-0.05, 0) is 25.7 Å². The quantitative estimate of drug-likeness (QED) is 0.152. The Bertz CT molecular complexity index is 274. The van der Waals surface area contributed by atoms with Gasteiger partial charge < -0.3 is 0 Å². The Balaban J connectivity index is -0.000000417. The summed E-state index contributed by atoms with van der Waals surface area (Å²) in [6, 6.07) is 0. The summed E-state index contributed by atoms with van der Waals surface area (Å²) in [5.74, 6) is 1.15. The van der Waals surface area contributed by atoms with Crippen LogP contribution in [0.25, 0.3) is 0 Å². The maximum absolute atomic E-state index is 3.74. The molecule has 0 amide bonds. The van der Waals surface area contributed by atoms with Crippen molar-refractivity contribution in [2.24, 2.45) is 5.92 Å². The molecule has 0 aliphatic heterocycles. The van der Waals surface area contributed by atoms with Crippen molar-refractivity contribution < 1.29 is 0 Å². The fourth-order valence-electron chi connectivity index (χ4n) is 3.40. The summed E-state index contributed by atoms with van der Waals surface area (Å²) in [6.07, 6.45) is 32.6. The van der Waals surface area contributed by atoms with Crippen molar-refractivity contribution in [3.05, 3.63) is 25.3 Å². The highest BCUT2D eigenvalue weighted by molar-refractivity contribution is 4.72. The third-order valence-electron chi connectivity index (χ3n) is 5.42. The maximum atomic E-state index is 3.74. The minimum Gasteiger partial charge on any atom is -0.103 e. The Morgan fingerprint density at radius 2 is 0.933 bits per heavy atom. The molecular formula is C30H62. The van der Waals surface area contributed by atoms with Gasteiger partial charge >= 0.3 is 0 Å². The van der Waals surface area contributed by atoms with Gasteiger partial charge in [-0.1, -0.05) is 155 Å². The molecule has 30 heavy (non-hydrogen) atoms. The monoisotopic (exact) mass is 422 g/mol.